The number of benzene rings is 1. The summed E-state index contributed by atoms with van der Waals surface area (Å²) >= 11 is 6.39. The summed E-state index contributed by atoms with van der Waals surface area (Å²) in [6.07, 6.45) is 6.72. The minimum absolute atomic E-state index is 0.271. The van der Waals surface area contributed by atoms with E-state index in [1.165, 1.54) is 18.4 Å². The van der Waals surface area contributed by atoms with E-state index in [4.69, 9.17) is 11.6 Å². The average molecular weight is 402 g/mol. The molecule has 28 heavy (non-hydrogen) atoms. The molecule has 4 rings (SSSR count). The molecule has 3 aromatic rings. The number of nitrogens with zero attached hydrogens (tertiary/aromatic N) is 4. The zero-order chi connectivity index (χ0) is 20.0. The first-order chi connectivity index (χ1) is 13.4. The molecular formula is C21H25ClFN5. The van der Waals surface area contributed by atoms with Crippen LogP contribution in [0.15, 0.2) is 12.3 Å². The molecule has 0 aliphatic heterocycles. The van der Waals surface area contributed by atoms with E-state index >= 15 is 0 Å². The van der Waals surface area contributed by atoms with Crippen LogP contribution in [-0.4, -0.2) is 19.6 Å². The van der Waals surface area contributed by atoms with Gasteiger partial charge in [-0.25, -0.2) is 9.37 Å². The number of hydrogen-bond acceptors (Lipinski definition) is 4. The SMILES string of the molecule is CCCC(c1cnn2c(Nc3c(Cl)cc(C)c(F)c3C)nc(C)nc12)C1CC1. The Bertz CT molecular complexity index is 1040. The number of hydrogen-bond donors (Lipinski definition) is 1. The minimum Gasteiger partial charge on any atom is -0.322 e. The third kappa shape index (κ3) is 3.34. The maximum Gasteiger partial charge on any atom is 0.232 e. The van der Waals surface area contributed by atoms with E-state index in [1.807, 2.05) is 13.1 Å². The molecule has 1 aromatic carbocycles. The van der Waals surface area contributed by atoms with Crippen LogP contribution in [-0.2, 0) is 0 Å². The number of rotatable bonds is 6. The third-order valence-corrected chi connectivity index (χ3v) is 5.86. The summed E-state index contributed by atoms with van der Waals surface area (Å²) in [7, 11) is 0. The Kier molecular flexibility index (Phi) is 5.00. The van der Waals surface area contributed by atoms with Crippen LogP contribution in [0.4, 0.5) is 16.0 Å². The van der Waals surface area contributed by atoms with Crippen molar-refractivity contribution in [1.29, 1.82) is 0 Å². The fraction of sp³-hybridized carbons (Fsp3) is 0.476. The molecule has 1 N–H and O–H groups in total. The van der Waals surface area contributed by atoms with E-state index in [2.05, 4.69) is 27.3 Å². The first kappa shape index (κ1) is 19.1. The van der Waals surface area contributed by atoms with Crippen molar-refractivity contribution in [2.45, 2.75) is 59.3 Å². The molecule has 1 saturated carbocycles. The molecule has 2 heterocycles. The molecule has 1 unspecified atom stereocenters. The smallest absolute Gasteiger partial charge is 0.232 e. The Morgan fingerprint density at radius 1 is 1.29 bits per heavy atom. The summed E-state index contributed by atoms with van der Waals surface area (Å²) in [6.45, 7) is 7.49. The van der Waals surface area contributed by atoms with E-state index < -0.39 is 0 Å². The van der Waals surface area contributed by atoms with Crippen LogP contribution >= 0.6 is 11.6 Å². The number of aromatic nitrogens is 4. The summed E-state index contributed by atoms with van der Waals surface area (Å²) < 4.78 is 16.1. The van der Waals surface area contributed by atoms with Gasteiger partial charge in [-0.15, -0.1) is 0 Å². The van der Waals surface area contributed by atoms with Gasteiger partial charge in [-0.1, -0.05) is 24.9 Å². The lowest BCUT2D eigenvalue weighted by Gasteiger charge is -2.16. The Morgan fingerprint density at radius 3 is 2.71 bits per heavy atom. The standard InChI is InChI=1S/C21H25ClFN5/c1-5-6-15(14-7-8-14)16-10-24-28-20(16)25-13(4)26-21(28)27-19-12(3)18(23)11(2)9-17(19)22/h9-10,14-15H,5-8H2,1-4H3,(H,25,26,27). The van der Waals surface area contributed by atoms with Gasteiger partial charge in [0.05, 0.1) is 16.9 Å². The van der Waals surface area contributed by atoms with Gasteiger partial charge in [0.2, 0.25) is 5.95 Å². The monoisotopic (exact) mass is 401 g/mol. The van der Waals surface area contributed by atoms with Crippen LogP contribution in [0.25, 0.3) is 5.65 Å². The third-order valence-electron chi connectivity index (χ3n) is 5.57. The molecule has 0 amide bonds. The second-order valence-corrected chi connectivity index (χ2v) is 8.18. The van der Waals surface area contributed by atoms with Gasteiger partial charge < -0.3 is 5.32 Å². The largest absolute Gasteiger partial charge is 0.322 e. The van der Waals surface area contributed by atoms with E-state index in [1.54, 1.807) is 24.4 Å². The van der Waals surface area contributed by atoms with Crippen molar-refractivity contribution in [3.05, 3.63) is 45.6 Å². The predicted molar refractivity (Wildman–Crippen MR) is 110 cm³/mol. The zero-order valence-corrected chi connectivity index (χ0v) is 17.4. The second kappa shape index (κ2) is 7.32. The van der Waals surface area contributed by atoms with Crippen LogP contribution in [0.5, 0.6) is 0 Å². The molecule has 0 spiro atoms. The van der Waals surface area contributed by atoms with Crippen molar-refractivity contribution in [3.63, 3.8) is 0 Å². The normalized spacial score (nSPS) is 15.2. The van der Waals surface area contributed by atoms with E-state index in [-0.39, 0.29) is 5.82 Å². The van der Waals surface area contributed by atoms with Crippen LogP contribution in [0.2, 0.25) is 5.02 Å². The van der Waals surface area contributed by atoms with Gasteiger partial charge in [0.25, 0.3) is 0 Å². The molecule has 0 radical (unpaired) electrons. The van der Waals surface area contributed by atoms with Crippen molar-refractivity contribution in [2.24, 2.45) is 5.92 Å². The molecular weight excluding hydrogens is 377 g/mol. The van der Waals surface area contributed by atoms with Crippen LogP contribution in [0.3, 0.4) is 0 Å². The maximum atomic E-state index is 14.4. The lowest BCUT2D eigenvalue weighted by Crippen LogP contribution is -2.09. The average Bonchev–Trinajstić information content (AvgIpc) is 3.41. The molecule has 1 aliphatic rings. The van der Waals surface area contributed by atoms with E-state index in [0.717, 1.165) is 24.4 Å². The van der Waals surface area contributed by atoms with Crippen LogP contribution < -0.4 is 5.32 Å². The zero-order valence-electron chi connectivity index (χ0n) is 16.7. The lowest BCUT2D eigenvalue weighted by molar-refractivity contribution is 0.552. The summed E-state index contributed by atoms with van der Waals surface area (Å²) in [5.41, 5.74) is 3.49. The summed E-state index contributed by atoms with van der Waals surface area (Å²) in [4.78, 5) is 9.18. The van der Waals surface area contributed by atoms with Gasteiger partial charge in [0.15, 0.2) is 5.65 Å². The van der Waals surface area contributed by atoms with Crippen molar-refractivity contribution >= 4 is 28.9 Å². The number of aryl methyl sites for hydroxylation is 2. The molecule has 1 atom stereocenters. The molecule has 1 aliphatic carbocycles. The van der Waals surface area contributed by atoms with Gasteiger partial charge >= 0.3 is 0 Å². The minimum atomic E-state index is -0.271. The maximum absolute atomic E-state index is 14.4. The number of nitrogens with one attached hydrogen (secondary N) is 1. The van der Waals surface area contributed by atoms with Gasteiger partial charge in [0.1, 0.15) is 11.6 Å². The number of halogens is 2. The number of anilines is 2. The highest BCUT2D eigenvalue weighted by Crippen LogP contribution is 2.46. The number of fused-ring (bicyclic) bond motifs is 1. The van der Waals surface area contributed by atoms with Crippen molar-refractivity contribution in [3.8, 4) is 0 Å². The Morgan fingerprint density at radius 2 is 2.04 bits per heavy atom. The van der Waals surface area contributed by atoms with Crippen LogP contribution in [0, 0.1) is 32.5 Å². The second-order valence-electron chi connectivity index (χ2n) is 7.78. The summed E-state index contributed by atoms with van der Waals surface area (Å²) in [5, 5.41) is 8.21. The van der Waals surface area contributed by atoms with Crippen molar-refractivity contribution in [2.75, 3.05) is 5.32 Å². The van der Waals surface area contributed by atoms with Crippen molar-refractivity contribution < 1.29 is 4.39 Å². The summed E-state index contributed by atoms with van der Waals surface area (Å²) in [5.74, 6) is 2.07. The molecule has 0 saturated heterocycles. The molecule has 7 heteroatoms. The first-order valence-electron chi connectivity index (χ1n) is 9.85. The topological polar surface area (TPSA) is 55.1 Å². The quantitative estimate of drug-likeness (QED) is 0.560. The van der Waals surface area contributed by atoms with Crippen molar-refractivity contribution in [1.82, 2.24) is 19.6 Å². The van der Waals surface area contributed by atoms with Gasteiger partial charge in [-0.05, 0) is 63.5 Å². The first-order valence-corrected chi connectivity index (χ1v) is 10.2. The summed E-state index contributed by atoms with van der Waals surface area (Å²) in [6, 6.07) is 1.62. The van der Waals surface area contributed by atoms with Gasteiger partial charge in [0, 0.05) is 11.1 Å². The molecule has 5 nitrogen and oxygen atoms in total. The molecule has 0 bridgehead atoms. The lowest BCUT2D eigenvalue weighted by atomic mass is 9.92. The molecule has 1 fully saturated rings. The highest BCUT2D eigenvalue weighted by molar-refractivity contribution is 6.33. The Balaban J connectivity index is 1.80. The predicted octanol–water partition coefficient (Wildman–Crippen LogP) is 5.88. The molecule has 2 aromatic heterocycles. The Hall–Kier alpha value is -2.21. The Labute approximate surface area is 169 Å². The molecule has 148 valence electrons. The fourth-order valence-corrected chi connectivity index (χ4v) is 4.33. The van der Waals surface area contributed by atoms with E-state index in [9.17, 15) is 4.39 Å². The van der Waals surface area contributed by atoms with Gasteiger partial charge in [-0.2, -0.15) is 14.6 Å². The van der Waals surface area contributed by atoms with Gasteiger partial charge in [-0.3, -0.25) is 0 Å². The van der Waals surface area contributed by atoms with Crippen LogP contribution in [0.1, 0.15) is 61.0 Å². The highest BCUT2D eigenvalue weighted by Gasteiger charge is 2.34. The highest BCUT2D eigenvalue weighted by atomic mass is 35.5. The van der Waals surface area contributed by atoms with E-state index in [0.29, 0.717) is 39.5 Å². The fourth-order valence-electron chi connectivity index (χ4n) is 3.97.